The summed E-state index contributed by atoms with van der Waals surface area (Å²) >= 11 is 0. The molecule has 8 nitrogen and oxygen atoms in total. The van der Waals surface area contributed by atoms with Crippen molar-refractivity contribution in [1.29, 1.82) is 0 Å². The van der Waals surface area contributed by atoms with E-state index in [1.54, 1.807) is 18.5 Å². The summed E-state index contributed by atoms with van der Waals surface area (Å²) in [5, 5.41) is 39.6. The van der Waals surface area contributed by atoms with Gasteiger partial charge in [-0.05, 0) is 36.2 Å². The van der Waals surface area contributed by atoms with Gasteiger partial charge in [0.1, 0.15) is 42.0 Å². The average Bonchev–Trinajstić information content (AvgIpc) is 3.19. The fourth-order valence-electron chi connectivity index (χ4n) is 3.51. The van der Waals surface area contributed by atoms with Crippen LogP contribution in [0, 0.1) is 0 Å². The van der Waals surface area contributed by atoms with Gasteiger partial charge in [-0.3, -0.25) is 4.57 Å². The normalized spacial score (nSPS) is 27.3. The lowest BCUT2D eigenvalue weighted by Gasteiger charge is -2.39. The Morgan fingerprint density at radius 2 is 1.79 bits per heavy atom. The zero-order chi connectivity index (χ0) is 20.5. The molecule has 0 bridgehead atoms. The first-order valence-corrected chi connectivity index (χ1v) is 9.56. The molecule has 3 aromatic rings. The van der Waals surface area contributed by atoms with E-state index in [1.165, 1.54) is 5.56 Å². The van der Waals surface area contributed by atoms with E-state index < -0.39 is 37.3 Å². The van der Waals surface area contributed by atoms with Crippen molar-refractivity contribution in [1.82, 2.24) is 9.55 Å². The molecule has 1 aliphatic heterocycles. The molecule has 1 aromatic heterocycles. The highest BCUT2D eigenvalue weighted by Crippen LogP contribution is 2.31. The fourth-order valence-corrected chi connectivity index (χ4v) is 3.51. The van der Waals surface area contributed by atoms with Crippen molar-refractivity contribution in [3.63, 3.8) is 0 Å². The van der Waals surface area contributed by atoms with Gasteiger partial charge in [0.25, 0.3) is 0 Å². The van der Waals surface area contributed by atoms with Crippen molar-refractivity contribution in [3.8, 4) is 11.4 Å². The van der Waals surface area contributed by atoms with Gasteiger partial charge in [-0.2, -0.15) is 0 Å². The highest BCUT2D eigenvalue weighted by molar-refractivity contribution is 5.83. The second-order valence-corrected chi connectivity index (χ2v) is 7.07. The van der Waals surface area contributed by atoms with Crippen LogP contribution in [0.1, 0.15) is 12.5 Å². The van der Waals surface area contributed by atoms with Crippen LogP contribution < -0.4 is 4.74 Å². The van der Waals surface area contributed by atoms with Crippen LogP contribution in [0.15, 0.2) is 48.8 Å². The minimum atomic E-state index is -1.50. The Kier molecular flexibility index (Phi) is 5.53. The van der Waals surface area contributed by atoms with Crippen LogP contribution in [-0.2, 0) is 11.2 Å². The summed E-state index contributed by atoms with van der Waals surface area (Å²) in [6, 6.07) is 13.4. The Bertz CT molecular complexity index is 971. The second kappa shape index (κ2) is 8.10. The molecule has 4 N–H and O–H groups in total. The summed E-state index contributed by atoms with van der Waals surface area (Å²) < 4.78 is 13.2. The topological polar surface area (TPSA) is 117 Å². The van der Waals surface area contributed by atoms with Crippen molar-refractivity contribution in [2.75, 3.05) is 6.61 Å². The lowest BCUT2D eigenvalue weighted by atomic mass is 9.99. The van der Waals surface area contributed by atoms with E-state index in [0.29, 0.717) is 16.8 Å². The summed E-state index contributed by atoms with van der Waals surface area (Å²) in [5.41, 5.74) is 3.48. The monoisotopic (exact) mass is 400 g/mol. The molecule has 0 spiro atoms. The highest BCUT2D eigenvalue weighted by Gasteiger charge is 2.44. The Labute approximate surface area is 167 Å². The van der Waals surface area contributed by atoms with Gasteiger partial charge in [-0.25, -0.2) is 4.98 Å². The molecule has 5 atom stereocenters. The zero-order valence-electron chi connectivity index (χ0n) is 15.9. The van der Waals surface area contributed by atoms with Gasteiger partial charge in [-0.15, -0.1) is 0 Å². The Hall–Kier alpha value is -2.49. The quantitative estimate of drug-likeness (QED) is 0.500. The first-order valence-electron chi connectivity index (χ1n) is 9.56. The minimum absolute atomic E-state index is 0.392. The summed E-state index contributed by atoms with van der Waals surface area (Å²) in [6.07, 6.45) is -4.10. The van der Waals surface area contributed by atoms with Crippen LogP contribution in [0.5, 0.6) is 5.75 Å². The molecule has 2 heterocycles. The third kappa shape index (κ3) is 3.61. The Morgan fingerprint density at radius 3 is 2.48 bits per heavy atom. The van der Waals surface area contributed by atoms with E-state index >= 15 is 0 Å². The van der Waals surface area contributed by atoms with Gasteiger partial charge in [-0.1, -0.05) is 25.1 Å². The molecule has 1 unspecified atom stereocenters. The van der Waals surface area contributed by atoms with Crippen LogP contribution in [0.2, 0.25) is 0 Å². The largest absolute Gasteiger partial charge is 0.460 e. The van der Waals surface area contributed by atoms with Crippen molar-refractivity contribution >= 4 is 11.0 Å². The number of aryl methyl sites for hydroxylation is 1. The molecule has 0 saturated carbocycles. The van der Waals surface area contributed by atoms with Gasteiger partial charge in [0, 0.05) is 5.69 Å². The van der Waals surface area contributed by atoms with Crippen molar-refractivity contribution in [2.45, 2.75) is 44.1 Å². The van der Waals surface area contributed by atoms with Crippen molar-refractivity contribution < 1.29 is 29.9 Å². The summed E-state index contributed by atoms with van der Waals surface area (Å²) in [7, 11) is 0. The average molecular weight is 400 g/mol. The predicted octanol–water partition coefficient (Wildman–Crippen LogP) is 0.767. The molecule has 1 saturated heterocycles. The Morgan fingerprint density at radius 1 is 1.03 bits per heavy atom. The van der Waals surface area contributed by atoms with E-state index in [9.17, 15) is 20.4 Å². The first-order chi connectivity index (χ1) is 14.0. The van der Waals surface area contributed by atoms with E-state index in [2.05, 4.69) is 11.9 Å². The van der Waals surface area contributed by atoms with Gasteiger partial charge in [0.05, 0.1) is 12.1 Å². The summed E-state index contributed by atoms with van der Waals surface area (Å²) in [4.78, 5) is 4.42. The van der Waals surface area contributed by atoms with Crippen molar-refractivity contribution in [2.24, 2.45) is 0 Å². The number of rotatable bonds is 5. The second-order valence-electron chi connectivity index (χ2n) is 7.07. The number of hydrogen-bond donors (Lipinski definition) is 4. The van der Waals surface area contributed by atoms with Crippen LogP contribution in [0.25, 0.3) is 16.7 Å². The van der Waals surface area contributed by atoms with Crippen LogP contribution in [-0.4, -0.2) is 67.3 Å². The molecule has 2 aromatic carbocycles. The predicted molar refractivity (Wildman–Crippen MR) is 105 cm³/mol. The van der Waals surface area contributed by atoms with Gasteiger partial charge in [0.2, 0.25) is 6.29 Å². The number of aliphatic hydroxyl groups excluding tert-OH is 4. The maximum Gasteiger partial charge on any atom is 0.229 e. The molecule has 0 amide bonds. The molecule has 4 rings (SSSR count). The Balaban J connectivity index is 1.70. The third-order valence-electron chi connectivity index (χ3n) is 5.25. The molecule has 8 heteroatoms. The van der Waals surface area contributed by atoms with Crippen LogP contribution in [0.4, 0.5) is 0 Å². The number of ether oxygens (including phenoxy) is 2. The number of imidazole rings is 1. The molecular weight excluding hydrogens is 376 g/mol. The summed E-state index contributed by atoms with van der Waals surface area (Å²) in [6.45, 7) is 1.57. The van der Waals surface area contributed by atoms with Crippen LogP contribution >= 0.6 is 0 Å². The summed E-state index contributed by atoms with van der Waals surface area (Å²) in [5.74, 6) is 0.392. The number of aliphatic hydroxyl groups is 4. The standard InChI is InChI=1S/C21H24N2O6/c1-2-12-6-8-13(9-7-12)23-11-22-14-4-3-5-15(17(14)23)28-21-20(27)19(26)18(25)16(10-24)29-21/h3-9,11,16,18-21,24-27H,2,10H2,1H3/t16-,18-,19+,20-,21?/m0/s1. The first kappa shape index (κ1) is 19.8. The fraction of sp³-hybridized carbons (Fsp3) is 0.381. The lowest BCUT2D eigenvalue weighted by Crippen LogP contribution is -2.60. The van der Waals surface area contributed by atoms with E-state index in [1.807, 2.05) is 34.9 Å². The van der Waals surface area contributed by atoms with Crippen molar-refractivity contribution in [3.05, 3.63) is 54.4 Å². The number of para-hydroxylation sites is 1. The van der Waals surface area contributed by atoms with Gasteiger partial charge >= 0.3 is 0 Å². The molecule has 29 heavy (non-hydrogen) atoms. The molecule has 0 radical (unpaired) electrons. The van der Waals surface area contributed by atoms with Gasteiger partial charge < -0.3 is 29.9 Å². The lowest BCUT2D eigenvalue weighted by molar-refractivity contribution is -0.277. The van der Waals surface area contributed by atoms with Crippen LogP contribution in [0.3, 0.4) is 0 Å². The van der Waals surface area contributed by atoms with E-state index in [0.717, 1.165) is 12.1 Å². The maximum absolute atomic E-state index is 10.3. The number of benzene rings is 2. The highest BCUT2D eigenvalue weighted by atomic mass is 16.7. The SMILES string of the molecule is CCc1ccc(-n2cnc3cccc(OC4O[C@@H](CO)[C@H](O)[C@@H](O)[C@@H]4O)c32)cc1. The number of aromatic nitrogens is 2. The van der Waals surface area contributed by atoms with Gasteiger partial charge in [0.15, 0.2) is 0 Å². The number of nitrogens with zero attached hydrogens (tertiary/aromatic N) is 2. The number of hydrogen-bond acceptors (Lipinski definition) is 7. The zero-order valence-corrected chi connectivity index (χ0v) is 15.9. The molecular formula is C21H24N2O6. The minimum Gasteiger partial charge on any atom is -0.460 e. The molecule has 1 fully saturated rings. The molecule has 0 aliphatic carbocycles. The maximum atomic E-state index is 10.3. The molecule has 1 aliphatic rings. The third-order valence-corrected chi connectivity index (χ3v) is 5.25. The smallest absolute Gasteiger partial charge is 0.229 e. The van der Waals surface area contributed by atoms with E-state index in [-0.39, 0.29) is 0 Å². The van der Waals surface area contributed by atoms with E-state index in [4.69, 9.17) is 9.47 Å². The number of fused-ring (bicyclic) bond motifs is 1. The molecule has 154 valence electrons.